The number of carbonyl (C=O) groups is 2. The summed E-state index contributed by atoms with van der Waals surface area (Å²) in [5.41, 5.74) is 0. The predicted molar refractivity (Wildman–Crippen MR) is 278 cm³/mol. The van der Waals surface area contributed by atoms with Crippen molar-refractivity contribution in [3.63, 3.8) is 0 Å². The molecule has 1 amide bonds. The summed E-state index contributed by atoms with van der Waals surface area (Å²) in [7, 11) is 0. The number of aliphatic hydroxyl groups is 5. The van der Waals surface area contributed by atoms with Gasteiger partial charge in [0.2, 0.25) is 5.91 Å². The first-order valence-corrected chi connectivity index (χ1v) is 27.2. The van der Waals surface area contributed by atoms with Crippen LogP contribution in [0.15, 0.2) is 72.9 Å². The molecule has 392 valence electrons. The van der Waals surface area contributed by atoms with E-state index in [4.69, 9.17) is 14.2 Å². The summed E-state index contributed by atoms with van der Waals surface area (Å²) in [5, 5.41) is 54.2. The molecule has 0 aromatic carbocycles. The lowest BCUT2D eigenvalue weighted by Crippen LogP contribution is -2.60. The molecule has 1 saturated heterocycles. The Balaban J connectivity index is 2.19. The van der Waals surface area contributed by atoms with Crippen LogP contribution in [0.1, 0.15) is 213 Å². The fraction of sp³-hybridized carbons (Fsp3) is 0.754. The van der Waals surface area contributed by atoms with E-state index < -0.39 is 49.5 Å². The van der Waals surface area contributed by atoms with Gasteiger partial charge in [-0.2, -0.15) is 0 Å². The topological polar surface area (TPSA) is 175 Å². The summed E-state index contributed by atoms with van der Waals surface area (Å²) >= 11 is 0. The van der Waals surface area contributed by atoms with Gasteiger partial charge in [0.25, 0.3) is 0 Å². The van der Waals surface area contributed by atoms with Crippen LogP contribution in [0.4, 0.5) is 0 Å². The van der Waals surface area contributed by atoms with E-state index in [1.807, 2.05) is 6.08 Å². The summed E-state index contributed by atoms with van der Waals surface area (Å²) in [4.78, 5) is 25.0. The highest BCUT2D eigenvalue weighted by Gasteiger charge is 2.44. The SMILES string of the molecule is CCCC/C=C\CCCCCCCC(=O)OCCCCC/C=C\C/C=C\CCCCCCCCCC(=O)NC(COC1OC(CO)C(O)C(O)C1O)C(O)/C=C/CC/C=C/CC/C=C/CCCC. The quantitative estimate of drug-likeness (QED) is 0.0196. The zero-order chi connectivity index (χ0) is 49.6. The molecule has 1 aliphatic heterocycles. The van der Waals surface area contributed by atoms with Gasteiger partial charge in [-0.1, -0.05) is 164 Å². The van der Waals surface area contributed by atoms with Crippen molar-refractivity contribution in [1.29, 1.82) is 0 Å². The highest BCUT2D eigenvalue weighted by atomic mass is 16.7. The minimum Gasteiger partial charge on any atom is -0.466 e. The summed E-state index contributed by atoms with van der Waals surface area (Å²) in [5.74, 6) is -0.262. The number of esters is 1. The van der Waals surface area contributed by atoms with E-state index >= 15 is 0 Å². The summed E-state index contributed by atoms with van der Waals surface area (Å²) in [6, 6.07) is -0.848. The molecule has 0 bridgehead atoms. The molecule has 0 aliphatic carbocycles. The normalized spacial score (nSPS) is 20.0. The van der Waals surface area contributed by atoms with Gasteiger partial charge in [-0.25, -0.2) is 0 Å². The smallest absolute Gasteiger partial charge is 0.305 e. The van der Waals surface area contributed by atoms with Gasteiger partial charge in [0.05, 0.1) is 32.0 Å². The number of ether oxygens (including phenoxy) is 3. The zero-order valence-corrected chi connectivity index (χ0v) is 42.8. The van der Waals surface area contributed by atoms with Crippen molar-refractivity contribution in [1.82, 2.24) is 5.32 Å². The summed E-state index contributed by atoms with van der Waals surface area (Å²) < 4.78 is 16.6. The number of hydrogen-bond acceptors (Lipinski definition) is 10. The molecule has 11 nitrogen and oxygen atoms in total. The number of nitrogens with one attached hydrogen (secondary N) is 1. The number of unbranched alkanes of at least 4 members (excludes halogenated alkanes) is 21. The Morgan fingerprint density at radius 1 is 0.544 bits per heavy atom. The average molecular weight is 958 g/mol. The molecular weight excluding hydrogens is 859 g/mol. The lowest BCUT2D eigenvalue weighted by Gasteiger charge is -2.40. The third-order valence-corrected chi connectivity index (χ3v) is 12.2. The van der Waals surface area contributed by atoms with E-state index in [1.165, 1.54) is 77.0 Å². The fourth-order valence-corrected chi connectivity index (χ4v) is 7.81. The first kappa shape index (κ1) is 63.1. The van der Waals surface area contributed by atoms with Crippen LogP contribution in [-0.4, -0.2) is 100 Å². The molecule has 7 unspecified atom stereocenters. The second-order valence-corrected chi connectivity index (χ2v) is 18.5. The van der Waals surface area contributed by atoms with Crippen molar-refractivity contribution in [2.45, 2.75) is 256 Å². The highest BCUT2D eigenvalue weighted by molar-refractivity contribution is 5.76. The molecule has 7 atom stereocenters. The maximum absolute atomic E-state index is 13.0. The maximum Gasteiger partial charge on any atom is 0.305 e. The highest BCUT2D eigenvalue weighted by Crippen LogP contribution is 2.22. The molecule has 1 aliphatic rings. The molecule has 68 heavy (non-hydrogen) atoms. The van der Waals surface area contributed by atoms with Crippen LogP contribution in [0.25, 0.3) is 0 Å². The second kappa shape index (κ2) is 46.5. The van der Waals surface area contributed by atoms with E-state index in [0.717, 1.165) is 103 Å². The van der Waals surface area contributed by atoms with E-state index in [1.54, 1.807) is 6.08 Å². The van der Waals surface area contributed by atoms with Gasteiger partial charge in [0.1, 0.15) is 24.4 Å². The van der Waals surface area contributed by atoms with Crippen LogP contribution in [0.2, 0.25) is 0 Å². The minimum absolute atomic E-state index is 0.0461. The van der Waals surface area contributed by atoms with Gasteiger partial charge in [-0.15, -0.1) is 0 Å². The molecule has 11 heteroatoms. The number of allylic oxidation sites excluding steroid dienone is 11. The predicted octanol–water partition coefficient (Wildman–Crippen LogP) is 11.7. The molecule has 6 N–H and O–H groups in total. The number of rotatable bonds is 45. The Morgan fingerprint density at radius 2 is 1.00 bits per heavy atom. The van der Waals surface area contributed by atoms with Crippen LogP contribution in [0, 0.1) is 0 Å². The van der Waals surface area contributed by atoms with Crippen molar-refractivity contribution in [2.24, 2.45) is 0 Å². The molecule has 1 heterocycles. The summed E-state index contributed by atoms with van der Waals surface area (Å²) in [6.07, 6.45) is 49.8. The van der Waals surface area contributed by atoms with Crippen LogP contribution in [0.5, 0.6) is 0 Å². The Labute approximate surface area is 413 Å². The molecule has 0 spiro atoms. The van der Waals surface area contributed by atoms with Crippen molar-refractivity contribution >= 4 is 11.9 Å². The lowest BCUT2D eigenvalue weighted by atomic mass is 9.99. The van der Waals surface area contributed by atoms with Crippen LogP contribution in [0.3, 0.4) is 0 Å². The lowest BCUT2D eigenvalue weighted by molar-refractivity contribution is -0.302. The van der Waals surface area contributed by atoms with Crippen molar-refractivity contribution < 1.29 is 49.3 Å². The van der Waals surface area contributed by atoms with E-state index in [-0.39, 0.29) is 18.5 Å². The summed E-state index contributed by atoms with van der Waals surface area (Å²) in [6.45, 7) is 4.15. The van der Waals surface area contributed by atoms with Crippen LogP contribution in [-0.2, 0) is 23.8 Å². The van der Waals surface area contributed by atoms with Gasteiger partial charge in [-0.05, 0) is 109 Å². The first-order valence-electron chi connectivity index (χ1n) is 27.2. The largest absolute Gasteiger partial charge is 0.466 e. The average Bonchev–Trinajstić information content (AvgIpc) is 3.33. The Kier molecular flexibility index (Phi) is 43.1. The van der Waals surface area contributed by atoms with Gasteiger partial charge < -0.3 is 45.1 Å². The fourth-order valence-electron chi connectivity index (χ4n) is 7.81. The Morgan fingerprint density at radius 3 is 1.54 bits per heavy atom. The van der Waals surface area contributed by atoms with Crippen LogP contribution >= 0.6 is 0 Å². The molecule has 0 saturated carbocycles. The minimum atomic E-state index is -1.59. The standard InChI is InChI=1S/C57H99NO10/c1-3-5-7-9-11-13-15-24-27-31-35-39-43-50(60)49(48-67-57-56(65)55(64)54(63)51(47-59)68-57)58-52(61)44-40-36-32-28-25-21-19-17-16-18-20-22-26-30-34-38-42-46-66-53(62)45-41-37-33-29-23-14-12-10-8-6-4-2/h9-12,16,18,22,24,26-27,39,43,49-51,54-57,59-60,63-65H,3-8,13-15,17,19-21,23,25,28-38,40-42,44-48H2,1-2H3,(H,58,61)/b11-9+,12-10-,18-16-,26-22-,27-24+,43-39+. The molecule has 0 aromatic rings. The van der Waals surface area contributed by atoms with Crippen LogP contribution < -0.4 is 5.32 Å². The third kappa shape index (κ3) is 36.1. The number of aliphatic hydroxyl groups excluding tert-OH is 5. The molecule has 1 rings (SSSR count). The van der Waals surface area contributed by atoms with E-state index in [2.05, 4.69) is 79.9 Å². The molecule has 1 fully saturated rings. The number of carbonyl (C=O) groups excluding carboxylic acids is 2. The Hall–Kier alpha value is -2.90. The number of amides is 1. The van der Waals surface area contributed by atoms with Crippen molar-refractivity contribution in [3.8, 4) is 0 Å². The zero-order valence-electron chi connectivity index (χ0n) is 42.8. The van der Waals surface area contributed by atoms with E-state index in [9.17, 15) is 35.1 Å². The first-order chi connectivity index (χ1) is 33.2. The van der Waals surface area contributed by atoms with Gasteiger partial charge in [0, 0.05) is 12.8 Å². The van der Waals surface area contributed by atoms with E-state index in [0.29, 0.717) is 25.9 Å². The van der Waals surface area contributed by atoms with Gasteiger partial charge >= 0.3 is 5.97 Å². The van der Waals surface area contributed by atoms with Gasteiger partial charge in [-0.3, -0.25) is 9.59 Å². The molecular formula is C57H99NO10. The maximum atomic E-state index is 13.0. The molecule has 0 radical (unpaired) electrons. The third-order valence-electron chi connectivity index (χ3n) is 12.2. The number of hydrogen-bond donors (Lipinski definition) is 6. The van der Waals surface area contributed by atoms with Crippen molar-refractivity contribution in [2.75, 3.05) is 19.8 Å². The second-order valence-electron chi connectivity index (χ2n) is 18.5. The molecule has 0 aromatic heterocycles. The van der Waals surface area contributed by atoms with Gasteiger partial charge in [0.15, 0.2) is 6.29 Å². The monoisotopic (exact) mass is 958 g/mol. The van der Waals surface area contributed by atoms with Crippen molar-refractivity contribution in [3.05, 3.63) is 72.9 Å². The Bertz CT molecular complexity index is 1360.